The second-order valence-corrected chi connectivity index (χ2v) is 9.94. The highest BCUT2D eigenvalue weighted by Crippen LogP contribution is 2.36. The molecule has 35 heavy (non-hydrogen) atoms. The van der Waals surface area contributed by atoms with Crippen LogP contribution in [0.3, 0.4) is 0 Å². The number of allylic oxidation sites excluding steroid dienone is 2. The van der Waals surface area contributed by atoms with Crippen LogP contribution in [-0.2, 0) is 20.9 Å². The van der Waals surface area contributed by atoms with Crippen molar-refractivity contribution in [3.05, 3.63) is 30.1 Å². The SMILES string of the molecule is CCn1cc(C(=O)N2CC[C@H]3NC(=O)CNC(=O)C4(C/C=C/C[C@H]3C2)CCN(C(C)=O)CC4)cn1. The molecule has 2 saturated heterocycles. The van der Waals surface area contributed by atoms with E-state index >= 15 is 0 Å². The smallest absolute Gasteiger partial charge is 0.257 e. The van der Waals surface area contributed by atoms with Gasteiger partial charge in [-0.25, -0.2) is 0 Å². The molecule has 3 aliphatic rings. The number of likely N-dealkylation sites (tertiary alicyclic amines) is 2. The number of aryl methyl sites for hydroxylation is 1. The zero-order valence-electron chi connectivity index (χ0n) is 20.7. The number of hydrogen-bond acceptors (Lipinski definition) is 5. The fourth-order valence-corrected chi connectivity index (χ4v) is 5.43. The first-order valence-corrected chi connectivity index (χ1v) is 12.6. The van der Waals surface area contributed by atoms with Gasteiger partial charge in [0.05, 0.1) is 23.7 Å². The van der Waals surface area contributed by atoms with Crippen LogP contribution in [0.25, 0.3) is 0 Å². The molecule has 10 nitrogen and oxygen atoms in total. The summed E-state index contributed by atoms with van der Waals surface area (Å²) in [5.41, 5.74) is -0.0328. The summed E-state index contributed by atoms with van der Waals surface area (Å²) in [5.74, 6) is -0.260. The minimum atomic E-state index is -0.616. The standard InChI is InChI=1S/C25H36N6O4/c1-3-31-17-20(14-27-31)23(34)30-11-7-21-19(16-30)6-4-5-8-25(24(35)26-15-22(33)28-21)9-12-29(13-10-25)18(2)32/h4-5,14,17,19,21H,3,6-13,15-16H2,1-2H3,(H,26,35)(H,28,33)/b5-4+/t19-,21+/m0/s1. The molecular weight excluding hydrogens is 448 g/mol. The van der Waals surface area contributed by atoms with E-state index < -0.39 is 5.41 Å². The van der Waals surface area contributed by atoms with Crippen molar-refractivity contribution in [1.29, 1.82) is 0 Å². The summed E-state index contributed by atoms with van der Waals surface area (Å²) >= 11 is 0. The van der Waals surface area contributed by atoms with Crippen LogP contribution in [0, 0.1) is 11.3 Å². The molecule has 4 heterocycles. The highest BCUT2D eigenvalue weighted by Gasteiger charge is 2.41. The van der Waals surface area contributed by atoms with Crippen LogP contribution in [-0.4, -0.2) is 82.0 Å². The Kier molecular flexibility index (Phi) is 7.57. The Hall–Kier alpha value is -3.17. The van der Waals surface area contributed by atoms with Gasteiger partial charge in [0.15, 0.2) is 0 Å². The van der Waals surface area contributed by atoms with E-state index in [1.165, 1.54) is 0 Å². The number of fused-ring (bicyclic) bond motifs is 1. The van der Waals surface area contributed by atoms with Crippen molar-refractivity contribution < 1.29 is 19.2 Å². The molecule has 0 bridgehead atoms. The van der Waals surface area contributed by atoms with Crippen molar-refractivity contribution in [2.45, 2.75) is 58.5 Å². The molecule has 0 aromatic carbocycles. The Morgan fingerprint density at radius 1 is 1.14 bits per heavy atom. The van der Waals surface area contributed by atoms with Crippen LogP contribution in [0.2, 0.25) is 0 Å². The fraction of sp³-hybridized carbons (Fsp3) is 0.640. The molecule has 4 amide bonds. The lowest BCUT2D eigenvalue weighted by Gasteiger charge is -2.41. The van der Waals surface area contributed by atoms with E-state index in [1.54, 1.807) is 28.9 Å². The van der Waals surface area contributed by atoms with Crippen molar-refractivity contribution in [2.24, 2.45) is 11.3 Å². The van der Waals surface area contributed by atoms with E-state index in [4.69, 9.17) is 0 Å². The third-order valence-corrected chi connectivity index (χ3v) is 7.74. The van der Waals surface area contributed by atoms with E-state index in [0.29, 0.717) is 70.4 Å². The van der Waals surface area contributed by atoms with Gasteiger partial charge in [0.1, 0.15) is 0 Å². The molecule has 1 aromatic rings. The molecule has 190 valence electrons. The molecule has 2 fully saturated rings. The first-order valence-electron chi connectivity index (χ1n) is 12.6. The summed E-state index contributed by atoms with van der Waals surface area (Å²) in [7, 11) is 0. The first kappa shape index (κ1) is 24.9. The number of hydrogen-bond donors (Lipinski definition) is 2. The topological polar surface area (TPSA) is 117 Å². The average molecular weight is 485 g/mol. The number of rotatable bonds is 2. The highest BCUT2D eigenvalue weighted by molar-refractivity contribution is 5.94. The number of carbonyl (C=O) groups is 4. The van der Waals surface area contributed by atoms with E-state index in [0.717, 1.165) is 0 Å². The van der Waals surface area contributed by atoms with Gasteiger partial charge < -0.3 is 20.4 Å². The number of nitrogens with zero attached hydrogens (tertiary/aromatic N) is 4. The number of carbonyl (C=O) groups excluding carboxylic acids is 4. The maximum Gasteiger partial charge on any atom is 0.257 e. The largest absolute Gasteiger partial charge is 0.351 e. The molecule has 1 spiro atoms. The summed E-state index contributed by atoms with van der Waals surface area (Å²) < 4.78 is 1.74. The lowest BCUT2D eigenvalue weighted by Crippen LogP contribution is -2.55. The second kappa shape index (κ2) is 10.6. The van der Waals surface area contributed by atoms with Crippen LogP contribution in [0.4, 0.5) is 0 Å². The summed E-state index contributed by atoms with van der Waals surface area (Å²) in [6.07, 6.45) is 10.6. The van der Waals surface area contributed by atoms with E-state index in [2.05, 4.69) is 27.9 Å². The molecule has 2 atom stereocenters. The van der Waals surface area contributed by atoms with E-state index in [-0.39, 0.29) is 42.1 Å². The number of piperidine rings is 2. The summed E-state index contributed by atoms with van der Waals surface area (Å²) in [6, 6.07) is -0.0568. The molecule has 3 aliphatic heterocycles. The average Bonchev–Trinajstić information content (AvgIpc) is 3.34. The molecule has 10 heteroatoms. The van der Waals surface area contributed by atoms with Gasteiger partial charge in [-0.05, 0) is 39.0 Å². The van der Waals surface area contributed by atoms with E-state index in [1.807, 2.05) is 11.8 Å². The van der Waals surface area contributed by atoms with Crippen LogP contribution < -0.4 is 10.6 Å². The number of nitrogens with one attached hydrogen (secondary N) is 2. The maximum absolute atomic E-state index is 13.1. The predicted octanol–water partition coefficient (Wildman–Crippen LogP) is 0.945. The molecule has 0 radical (unpaired) electrons. The Bertz CT molecular complexity index is 994. The maximum atomic E-state index is 13.1. The summed E-state index contributed by atoms with van der Waals surface area (Å²) in [4.78, 5) is 54.2. The van der Waals surface area contributed by atoms with Crippen molar-refractivity contribution in [3.8, 4) is 0 Å². The third-order valence-electron chi connectivity index (χ3n) is 7.74. The van der Waals surface area contributed by atoms with E-state index in [9.17, 15) is 19.2 Å². The van der Waals surface area contributed by atoms with Crippen LogP contribution in [0.5, 0.6) is 0 Å². The molecule has 0 unspecified atom stereocenters. The normalized spacial score (nSPS) is 26.1. The molecule has 0 aliphatic carbocycles. The Morgan fingerprint density at radius 3 is 2.60 bits per heavy atom. The predicted molar refractivity (Wildman–Crippen MR) is 129 cm³/mol. The van der Waals surface area contributed by atoms with Gasteiger partial charge in [-0.15, -0.1) is 0 Å². The van der Waals surface area contributed by atoms with Gasteiger partial charge in [0, 0.05) is 57.8 Å². The molecule has 0 saturated carbocycles. The molecule has 4 rings (SSSR count). The van der Waals surface area contributed by atoms with Gasteiger partial charge in [0.25, 0.3) is 5.91 Å². The second-order valence-electron chi connectivity index (χ2n) is 9.94. The Balaban J connectivity index is 1.46. The fourth-order valence-electron chi connectivity index (χ4n) is 5.43. The van der Waals surface area contributed by atoms with Gasteiger partial charge in [0.2, 0.25) is 17.7 Å². The molecule has 1 aromatic heterocycles. The van der Waals surface area contributed by atoms with Crippen molar-refractivity contribution in [2.75, 3.05) is 32.7 Å². The van der Waals surface area contributed by atoms with Crippen LogP contribution in [0.15, 0.2) is 24.5 Å². The molecular formula is C25H36N6O4. The van der Waals surface area contributed by atoms with Gasteiger partial charge in [-0.2, -0.15) is 5.10 Å². The number of aromatic nitrogens is 2. The lowest BCUT2D eigenvalue weighted by atomic mass is 9.74. The number of amides is 4. The first-order chi connectivity index (χ1) is 16.8. The Morgan fingerprint density at radius 2 is 1.91 bits per heavy atom. The molecule has 2 N–H and O–H groups in total. The zero-order valence-corrected chi connectivity index (χ0v) is 20.7. The zero-order chi connectivity index (χ0) is 25.0. The van der Waals surface area contributed by atoms with Crippen LogP contribution in [0.1, 0.15) is 56.3 Å². The monoisotopic (exact) mass is 484 g/mol. The van der Waals surface area contributed by atoms with Crippen LogP contribution >= 0.6 is 0 Å². The van der Waals surface area contributed by atoms with Crippen molar-refractivity contribution in [3.63, 3.8) is 0 Å². The van der Waals surface area contributed by atoms with Gasteiger partial charge in [-0.3, -0.25) is 23.9 Å². The minimum absolute atomic E-state index is 0.0211. The Labute approximate surface area is 206 Å². The summed E-state index contributed by atoms with van der Waals surface area (Å²) in [5, 5.41) is 10.2. The van der Waals surface area contributed by atoms with Crippen molar-refractivity contribution in [1.82, 2.24) is 30.2 Å². The highest BCUT2D eigenvalue weighted by atomic mass is 16.2. The lowest BCUT2D eigenvalue weighted by molar-refractivity contribution is -0.140. The minimum Gasteiger partial charge on any atom is -0.351 e. The van der Waals surface area contributed by atoms with Crippen molar-refractivity contribution >= 4 is 23.6 Å². The van der Waals surface area contributed by atoms with Gasteiger partial charge >= 0.3 is 0 Å². The summed E-state index contributed by atoms with van der Waals surface area (Å²) in [6.45, 7) is 6.36. The third kappa shape index (κ3) is 5.57. The van der Waals surface area contributed by atoms with Gasteiger partial charge in [-0.1, -0.05) is 12.2 Å². The quantitative estimate of drug-likeness (QED) is 0.606.